The van der Waals surface area contributed by atoms with Crippen molar-refractivity contribution >= 4 is 0 Å². The SMILES string of the molecule is c1ccc(CC(c2ccccc2C2CC2)C2CCC2)cc1. The highest BCUT2D eigenvalue weighted by atomic mass is 14.4. The Bertz CT molecular complexity index is 590. The normalized spacial score (nSPS) is 20.0. The van der Waals surface area contributed by atoms with Crippen molar-refractivity contribution in [3.8, 4) is 0 Å². The minimum atomic E-state index is 0.734. The maximum Gasteiger partial charge on any atom is -0.00903 e. The van der Waals surface area contributed by atoms with Crippen LogP contribution in [0.4, 0.5) is 0 Å². The van der Waals surface area contributed by atoms with Crippen molar-refractivity contribution in [3.05, 3.63) is 71.3 Å². The van der Waals surface area contributed by atoms with Crippen molar-refractivity contribution in [2.75, 3.05) is 0 Å². The van der Waals surface area contributed by atoms with E-state index in [0.29, 0.717) is 0 Å². The lowest BCUT2D eigenvalue weighted by atomic mass is 9.69. The van der Waals surface area contributed by atoms with Gasteiger partial charge in [0.1, 0.15) is 0 Å². The van der Waals surface area contributed by atoms with Gasteiger partial charge in [-0.25, -0.2) is 0 Å². The molecule has 21 heavy (non-hydrogen) atoms. The first kappa shape index (κ1) is 13.1. The summed E-state index contributed by atoms with van der Waals surface area (Å²) in [5.74, 6) is 2.50. The molecule has 2 saturated carbocycles. The summed E-state index contributed by atoms with van der Waals surface area (Å²) < 4.78 is 0. The van der Waals surface area contributed by atoms with Crippen LogP contribution in [0.25, 0.3) is 0 Å². The van der Waals surface area contributed by atoms with Gasteiger partial charge in [0, 0.05) is 0 Å². The average molecular weight is 276 g/mol. The topological polar surface area (TPSA) is 0 Å². The van der Waals surface area contributed by atoms with Crippen LogP contribution in [0.3, 0.4) is 0 Å². The Kier molecular flexibility index (Phi) is 3.55. The van der Waals surface area contributed by atoms with Crippen LogP contribution in [0.15, 0.2) is 54.6 Å². The molecule has 0 aliphatic heterocycles. The molecule has 1 unspecified atom stereocenters. The van der Waals surface area contributed by atoms with Crippen LogP contribution >= 0.6 is 0 Å². The fraction of sp³-hybridized carbons (Fsp3) is 0.429. The van der Waals surface area contributed by atoms with Crippen LogP contribution in [0.2, 0.25) is 0 Å². The maximum absolute atomic E-state index is 2.42. The van der Waals surface area contributed by atoms with E-state index in [1.54, 1.807) is 11.1 Å². The van der Waals surface area contributed by atoms with E-state index in [1.807, 2.05) is 0 Å². The van der Waals surface area contributed by atoms with Crippen molar-refractivity contribution in [2.24, 2.45) is 5.92 Å². The molecule has 0 heteroatoms. The molecule has 0 heterocycles. The molecule has 0 bridgehead atoms. The average Bonchev–Trinajstić information content (AvgIpc) is 3.30. The summed E-state index contributed by atoms with van der Waals surface area (Å²) in [5.41, 5.74) is 4.82. The lowest BCUT2D eigenvalue weighted by Crippen LogP contribution is -2.23. The number of rotatable bonds is 5. The third-order valence-electron chi connectivity index (χ3n) is 5.43. The molecule has 2 aromatic carbocycles. The largest absolute Gasteiger partial charge is 0.0622 e. The molecule has 2 aromatic rings. The van der Waals surface area contributed by atoms with E-state index in [2.05, 4.69) is 54.6 Å². The van der Waals surface area contributed by atoms with Crippen LogP contribution in [-0.2, 0) is 6.42 Å². The zero-order valence-corrected chi connectivity index (χ0v) is 12.7. The second-order valence-corrected chi connectivity index (χ2v) is 6.89. The molecule has 0 aromatic heterocycles. The summed E-state index contributed by atoms with van der Waals surface area (Å²) in [6, 6.07) is 20.4. The summed E-state index contributed by atoms with van der Waals surface area (Å²) >= 11 is 0. The molecule has 0 radical (unpaired) electrons. The smallest absolute Gasteiger partial charge is 0.00903 e. The molecule has 1 atom stereocenters. The van der Waals surface area contributed by atoms with Gasteiger partial charge in [-0.1, -0.05) is 61.0 Å². The van der Waals surface area contributed by atoms with Gasteiger partial charge in [-0.15, -0.1) is 0 Å². The molecule has 2 fully saturated rings. The van der Waals surface area contributed by atoms with E-state index in [9.17, 15) is 0 Å². The number of benzene rings is 2. The second kappa shape index (κ2) is 5.67. The van der Waals surface area contributed by atoms with Crippen LogP contribution < -0.4 is 0 Å². The molecule has 2 aliphatic carbocycles. The molecule has 0 spiro atoms. The molecule has 0 nitrogen and oxygen atoms in total. The first-order chi connectivity index (χ1) is 10.4. The Morgan fingerprint density at radius 3 is 2.19 bits per heavy atom. The molecule has 0 amide bonds. The minimum absolute atomic E-state index is 0.734. The van der Waals surface area contributed by atoms with Crippen molar-refractivity contribution < 1.29 is 0 Å². The van der Waals surface area contributed by atoms with Crippen molar-refractivity contribution in [1.29, 1.82) is 0 Å². The molecular weight excluding hydrogens is 252 g/mol. The fourth-order valence-corrected chi connectivity index (χ4v) is 3.86. The molecule has 0 N–H and O–H groups in total. The Balaban J connectivity index is 1.66. The van der Waals surface area contributed by atoms with Gasteiger partial charge in [-0.3, -0.25) is 0 Å². The van der Waals surface area contributed by atoms with E-state index in [0.717, 1.165) is 17.8 Å². The predicted octanol–water partition coefficient (Wildman–Crippen LogP) is 5.69. The lowest BCUT2D eigenvalue weighted by molar-refractivity contribution is 0.258. The minimum Gasteiger partial charge on any atom is -0.0622 e. The van der Waals surface area contributed by atoms with Gasteiger partial charge < -0.3 is 0 Å². The summed E-state index contributed by atoms with van der Waals surface area (Å²) in [4.78, 5) is 0. The summed E-state index contributed by atoms with van der Waals surface area (Å²) in [6.45, 7) is 0. The van der Waals surface area contributed by atoms with Crippen molar-refractivity contribution in [2.45, 2.75) is 50.4 Å². The molecule has 4 rings (SSSR count). The standard InChI is InChI=1S/C21H24/c1-2-7-16(8-3-1)15-21(17-9-6-10-17)20-12-5-4-11-19(20)18-13-14-18/h1-5,7-8,11-12,17-18,21H,6,9-10,13-15H2. The van der Waals surface area contributed by atoms with Gasteiger partial charge >= 0.3 is 0 Å². The van der Waals surface area contributed by atoms with Gasteiger partial charge in [0.2, 0.25) is 0 Å². The lowest BCUT2D eigenvalue weighted by Gasteiger charge is -2.35. The van der Waals surface area contributed by atoms with E-state index in [1.165, 1.54) is 44.1 Å². The van der Waals surface area contributed by atoms with E-state index in [-0.39, 0.29) is 0 Å². The first-order valence-electron chi connectivity index (χ1n) is 8.54. The third-order valence-corrected chi connectivity index (χ3v) is 5.43. The van der Waals surface area contributed by atoms with E-state index < -0.39 is 0 Å². The molecular formula is C21H24. The molecule has 108 valence electrons. The van der Waals surface area contributed by atoms with Gasteiger partial charge in [-0.2, -0.15) is 0 Å². The quantitative estimate of drug-likeness (QED) is 0.658. The van der Waals surface area contributed by atoms with Gasteiger partial charge in [-0.05, 0) is 66.5 Å². The van der Waals surface area contributed by atoms with Crippen LogP contribution in [0, 0.1) is 5.92 Å². The number of hydrogen-bond acceptors (Lipinski definition) is 0. The summed E-state index contributed by atoms with van der Waals surface area (Å²) in [5, 5.41) is 0. The highest BCUT2D eigenvalue weighted by Crippen LogP contribution is 2.48. The van der Waals surface area contributed by atoms with Gasteiger partial charge in [0.05, 0.1) is 0 Å². The predicted molar refractivity (Wildman–Crippen MR) is 88.6 cm³/mol. The Hall–Kier alpha value is -1.56. The zero-order valence-electron chi connectivity index (χ0n) is 12.7. The summed E-state index contributed by atoms with van der Waals surface area (Å²) in [7, 11) is 0. The zero-order chi connectivity index (χ0) is 14.1. The Labute approximate surface area is 128 Å². The van der Waals surface area contributed by atoms with E-state index in [4.69, 9.17) is 0 Å². The Morgan fingerprint density at radius 2 is 1.52 bits per heavy atom. The van der Waals surface area contributed by atoms with Crippen LogP contribution in [0.1, 0.15) is 60.6 Å². The van der Waals surface area contributed by atoms with Gasteiger partial charge in [0.15, 0.2) is 0 Å². The van der Waals surface area contributed by atoms with Crippen molar-refractivity contribution in [3.63, 3.8) is 0 Å². The Morgan fingerprint density at radius 1 is 0.810 bits per heavy atom. The third kappa shape index (κ3) is 2.77. The maximum atomic E-state index is 2.42. The van der Waals surface area contributed by atoms with Gasteiger partial charge in [0.25, 0.3) is 0 Å². The fourth-order valence-electron chi connectivity index (χ4n) is 3.86. The highest BCUT2D eigenvalue weighted by molar-refractivity contribution is 5.37. The first-order valence-corrected chi connectivity index (χ1v) is 8.54. The van der Waals surface area contributed by atoms with Crippen LogP contribution in [-0.4, -0.2) is 0 Å². The highest BCUT2D eigenvalue weighted by Gasteiger charge is 2.33. The van der Waals surface area contributed by atoms with E-state index >= 15 is 0 Å². The molecule has 2 aliphatic rings. The molecule has 0 saturated heterocycles. The van der Waals surface area contributed by atoms with Crippen LogP contribution in [0.5, 0.6) is 0 Å². The number of hydrogen-bond donors (Lipinski definition) is 0. The monoisotopic (exact) mass is 276 g/mol. The summed E-state index contributed by atoms with van der Waals surface area (Å²) in [6.07, 6.45) is 8.31. The van der Waals surface area contributed by atoms with Crippen molar-refractivity contribution in [1.82, 2.24) is 0 Å². The second-order valence-electron chi connectivity index (χ2n) is 6.89.